The highest BCUT2D eigenvalue weighted by atomic mass is 15.5. The van der Waals surface area contributed by atoms with Crippen LogP contribution in [-0.2, 0) is 12.1 Å². The molecule has 6 rings (SSSR count). The van der Waals surface area contributed by atoms with Crippen LogP contribution in [0.2, 0.25) is 0 Å². The summed E-state index contributed by atoms with van der Waals surface area (Å²) in [6, 6.07) is 19.6. The van der Waals surface area contributed by atoms with Crippen LogP contribution in [0.15, 0.2) is 60.9 Å². The molecule has 0 amide bonds. The van der Waals surface area contributed by atoms with Crippen LogP contribution in [0.5, 0.6) is 0 Å². The van der Waals surface area contributed by atoms with Crippen molar-refractivity contribution in [2.75, 3.05) is 37.2 Å². The highest BCUT2D eigenvalue weighted by molar-refractivity contribution is 5.98. The third-order valence-electron chi connectivity index (χ3n) is 8.55. The highest BCUT2D eigenvalue weighted by Gasteiger charge is 2.45. The molecule has 1 unspecified atom stereocenters. The molecule has 8 heteroatoms. The number of nitrogens with two attached hydrogens (primary N) is 1. The molecular formula is C31H40N8. The van der Waals surface area contributed by atoms with E-state index in [4.69, 9.17) is 15.8 Å². The van der Waals surface area contributed by atoms with Gasteiger partial charge in [-0.25, -0.2) is 14.6 Å². The van der Waals surface area contributed by atoms with E-state index in [1.54, 1.807) is 6.33 Å². The second-order valence-corrected chi connectivity index (χ2v) is 11.1. The van der Waals surface area contributed by atoms with Crippen LogP contribution in [0.4, 0.5) is 11.5 Å². The van der Waals surface area contributed by atoms with Gasteiger partial charge < -0.3 is 16.4 Å². The number of hydrogen-bond acceptors (Lipinski definition) is 7. The van der Waals surface area contributed by atoms with Crippen molar-refractivity contribution in [1.29, 1.82) is 0 Å². The Labute approximate surface area is 231 Å². The maximum atomic E-state index is 6.50. The lowest BCUT2D eigenvalue weighted by Crippen LogP contribution is -2.62. The zero-order valence-electron chi connectivity index (χ0n) is 22.9. The lowest BCUT2D eigenvalue weighted by atomic mass is 9.86. The molecule has 1 aliphatic heterocycles. The monoisotopic (exact) mass is 524 g/mol. The van der Waals surface area contributed by atoms with Crippen LogP contribution in [-0.4, -0.2) is 56.9 Å². The van der Waals surface area contributed by atoms with Gasteiger partial charge in [-0.3, -0.25) is 4.90 Å². The van der Waals surface area contributed by atoms with E-state index in [-0.39, 0.29) is 5.66 Å². The molecule has 2 aliphatic rings. The van der Waals surface area contributed by atoms with Crippen LogP contribution >= 0.6 is 0 Å². The standard InChI is InChI=1S/C31H40N8/c1-23-21-33-19-20-38(23)31(16-6-3-7-17-31)39-30-27(29(32)35-22-36-30)28(37-39)25-12-14-26(15-13-25)34-18-8-11-24-9-4-2-5-10-24/h2,4-5,9-10,12-15,22-23,33-34H,3,6-8,11,16-21H2,1H3,(H2,32,35,36). The van der Waals surface area contributed by atoms with E-state index in [1.165, 1.54) is 24.8 Å². The molecule has 2 fully saturated rings. The number of nitrogens with zero attached hydrogens (tertiary/aromatic N) is 5. The van der Waals surface area contributed by atoms with Gasteiger partial charge in [-0.1, -0.05) is 48.9 Å². The SMILES string of the molecule is CC1CNCCN1C1(n2nc(-c3ccc(NCCCc4ccccc4)cc3)c3c(N)ncnc32)CCCCC1. The van der Waals surface area contributed by atoms with Gasteiger partial charge in [-0.05, 0) is 63.1 Å². The van der Waals surface area contributed by atoms with E-state index >= 15 is 0 Å². The largest absolute Gasteiger partial charge is 0.385 e. The number of fused-ring (bicyclic) bond motifs is 1. The van der Waals surface area contributed by atoms with Crippen LogP contribution in [0.1, 0.15) is 51.0 Å². The van der Waals surface area contributed by atoms with E-state index in [2.05, 4.69) is 86.7 Å². The van der Waals surface area contributed by atoms with E-state index in [0.29, 0.717) is 11.9 Å². The second kappa shape index (κ2) is 11.3. The van der Waals surface area contributed by atoms with Gasteiger partial charge in [0.15, 0.2) is 5.65 Å². The Bertz CT molecular complexity index is 1380. The van der Waals surface area contributed by atoms with Crippen molar-refractivity contribution in [2.45, 2.75) is 63.6 Å². The Kier molecular flexibility index (Phi) is 7.48. The number of hydrogen-bond donors (Lipinski definition) is 3. The number of aryl methyl sites for hydroxylation is 1. The number of nitrogens with one attached hydrogen (secondary N) is 2. The third-order valence-corrected chi connectivity index (χ3v) is 8.55. The topological polar surface area (TPSA) is 96.9 Å². The maximum absolute atomic E-state index is 6.50. The molecule has 1 aliphatic carbocycles. The van der Waals surface area contributed by atoms with Gasteiger partial charge >= 0.3 is 0 Å². The first-order valence-corrected chi connectivity index (χ1v) is 14.5. The molecule has 4 N–H and O–H groups in total. The molecule has 1 atom stereocenters. The van der Waals surface area contributed by atoms with E-state index < -0.39 is 0 Å². The molecule has 4 aromatic rings. The number of piperazine rings is 1. The molecule has 8 nitrogen and oxygen atoms in total. The van der Waals surface area contributed by atoms with Crippen molar-refractivity contribution in [3.63, 3.8) is 0 Å². The first-order chi connectivity index (χ1) is 19.2. The lowest BCUT2D eigenvalue weighted by Gasteiger charge is -2.51. The van der Waals surface area contributed by atoms with Gasteiger partial charge in [0, 0.05) is 43.5 Å². The molecule has 0 bridgehead atoms. The Balaban J connectivity index is 1.29. The van der Waals surface area contributed by atoms with E-state index in [0.717, 1.165) is 79.8 Å². The smallest absolute Gasteiger partial charge is 0.165 e. The fourth-order valence-electron chi connectivity index (χ4n) is 6.58. The molecule has 0 radical (unpaired) electrons. The van der Waals surface area contributed by atoms with Gasteiger partial charge in [0.2, 0.25) is 0 Å². The lowest BCUT2D eigenvalue weighted by molar-refractivity contribution is -0.0585. The van der Waals surface area contributed by atoms with Crippen LogP contribution < -0.4 is 16.4 Å². The van der Waals surface area contributed by atoms with Crippen molar-refractivity contribution < 1.29 is 0 Å². The summed E-state index contributed by atoms with van der Waals surface area (Å²) >= 11 is 0. The Morgan fingerprint density at radius 1 is 1.03 bits per heavy atom. The van der Waals surface area contributed by atoms with Gasteiger partial charge in [-0.2, -0.15) is 5.10 Å². The molecular weight excluding hydrogens is 484 g/mol. The molecule has 0 spiro atoms. The summed E-state index contributed by atoms with van der Waals surface area (Å²) in [5.41, 5.74) is 11.5. The Morgan fingerprint density at radius 2 is 1.82 bits per heavy atom. The predicted octanol–water partition coefficient (Wildman–Crippen LogP) is 5.03. The maximum Gasteiger partial charge on any atom is 0.165 e. The summed E-state index contributed by atoms with van der Waals surface area (Å²) in [4.78, 5) is 11.8. The Morgan fingerprint density at radius 3 is 2.59 bits per heavy atom. The van der Waals surface area contributed by atoms with Crippen molar-refractivity contribution in [1.82, 2.24) is 30.0 Å². The summed E-state index contributed by atoms with van der Waals surface area (Å²) in [6.45, 7) is 6.24. The first kappa shape index (κ1) is 25.8. The van der Waals surface area contributed by atoms with Crippen molar-refractivity contribution in [3.8, 4) is 11.3 Å². The molecule has 1 saturated heterocycles. The summed E-state index contributed by atoms with van der Waals surface area (Å²) in [7, 11) is 0. The minimum atomic E-state index is -0.197. The van der Waals surface area contributed by atoms with E-state index in [9.17, 15) is 0 Å². The summed E-state index contributed by atoms with van der Waals surface area (Å²) in [5.74, 6) is 0.490. The van der Waals surface area contributed by atoms with Crippen LogP contribution in [0.3, 0.4) is 0 Å². The number of benzene rings is 2. The number of anilines is 2. The molecule has 204 valence electrons. The molecule has 3 heterocycles. The fourth-order valence-corrected chi connectivity index (χ4v) is 6.58. The van der Waals surface area contributed by atoms with E-state index in [1.807, 2.05) is 0 Å². The van der Waals surface area contributed by atoms with Gasteiger partial charge in [0.1, 0.15) is 23.5 Å². The quantitative estimate of drug-likeness (QED) is 0.278. The third kappa shape index (κ3) is 5.11. The first-order valence-electron chi connectivity index (χ1n) is 14.5. The highest BCUT2D eigenvalue weighted by Crippen LogP contribution is 2.43. The summed E-state index contributed by atoms with van der Waals surface area (Å²) in [5, 5.41) is 13.3. The zero-order valence-corrected chi connectivity index (χ0v) is 22.9. The second-order valence-electron chi connectivity index (χ2n) is 11.1. The number of aromatic nitrogens is 4. The van der Waals surface area contributed by atoms with Gasteiger partial charge in [-0.15, -0.1) is 0 Å². The van der Waals surface area contributed by atoms with Crippen LogP contribution in [0, 0.1) is 0 Å². The normalized spacial score (nSPS) is 19.8. The number of nitrogen functional groups attached to an aromatic ring is 1. The zero-order chi connectivity index (χ0) is 26.7. The van der Waals surface area contributed by atoms with Crippen LogP contribution in [0.25, 0.3) is 22.3 Å². The van der Waals surface area contributed by atoms with Gasteiger partial charge in [0.05, 0.1) is 5.39 Å². The summed E-state index contributed by atoms with van der Waals surface area (Å²) in [6.07, 6.45) is 9.54. The average Bonchev–Trinajstić information content (AvgIpc) is 3.38. The van der Waals surface area contributed by atoms with Gasteiger partial charge in [0.25, 0.3) is 0 Å². The molecule has 39 heavy (non-hydrogen) atoms. The average molecular weight is 525 g/mol. The predicted molar refractivity (Wildman–Crippen MR) is 159 cm³/mol. The molecule has 2 aromatic carbocycles. The fraction of sp³-hybridized carbons (Fsp3) is 0.452. The minimum Gasteiger partial charge on any atom is -0.385 e. The Hall–Kier alpha value is -3.49. The van der Waals surface area contributed by atoms with Crippen molar-refractivity contribution in [3.05, 3.63) is 66.5 Å². The minimum absolute atomic E-state index is 0.197. The summed E-state index contributed by atoms with van der Waals surface area (Å²) < 4.78 is 2.21. The van der Waals surface area contributed by atoms with Crippen molar-refractivity contribution >= 4 is 22.5 Å². The van der Waals surface area contributed by atoms with Crippen molar-refractivity contribution in [2.24, 2.45) is 0 Å². The molecule has 1 saturated carbocycles. The molecule has 2 aromatic heterocycles. The number of rotatable bonds is 8.